The lowest BCUT2D eigenvalue weighted by Crippen LogP contribution is -2.29. The van der Waals surface area contributed by atoms with Crippen molar-refractivity contribution in [2.75, 3.05) is 13.2 Å². The molecule has 0 radical (unpaired) electrons. The van der Waals surface area contributed by atoms with Crippen molar-refractivity contribution in [2.45, 2.75) is 225 Å². The highest BCUT2D eigenvalue weighted by Gasteiger charge is 2.22. The maximum Gasteiger partial charge on any atom is 0.469 e. The minimum atomic E-state index is -4.78. The predicted octanol–water partition coefficient (Wildman–Crippen LogP) is 13.2. The number of carbonyl (C=O) groups is 2. The Morgan fingerprint density at radius 1 is 0.538 bits per heavy atom. The molecule has 2 N–H and O–H groups in total. The summed E-state index contributed by atoms with van der Waals surface area (Å²) in [5.41, 5.74) is 0. The molecule has 0 saturated carbocycles. The van der Waals surface area contributed by atoms with E-state index in [1.165, 1.54) is 173 Å². The van der Waals surface area contributed by atoms with Gasteiger partial charge in [-0.3, -0.25) is 9.32 Å². The summed E-state index contributed by atoms with van der Waals surface area (Å²) < 4.78 is 26.2. The monoisotopic (exact) mass is 757 g/mol. The Hall–Kier alpha value is -1.47. The number of rotatable bonds is 40. The number of hydrogen-bond acceptors (Lipinski definition) is 6. The molecule has 0 spiro atoms. The summed E-state index contributed by atoms with van der Waals surface area (Å²) in [7, 11) is -4.78. The molecule has 0 unspecified atom stereocenters. The van der Waals surface area contributed by atoms with Gasteiger partial charge < -0.3 is 19.3 Å². The van der Waals surface area contributed by atoms with Crippen molar-refractivity contribution in [2.24, 2.45) is 0 Å². The summed E-state index contributed by atoms with van der Waals surface area (Å²) in [5.74, 6) is -1.13. The second kappa shape index (κ2) is 39.2. The van der Waals surface area contributed by atoms with Crippen LogP contribution >= 0.6 is 7.82 Å². The fourth-order valence-corrected chi connectivity index (χ4v) is 6.70. The zero-order valence-corrected chi connectivity index (χ0v) is 34.6. The van der Waals surface area contributed by atoms with E-state index in [9.17, 15) is 14.2 Å². The van der Waals surface area contributed by atoms with Crippen molar-refractivity contribution < 1.29 is 37.9 Å². The molecule has 0 heterocycles. The molecule has 0 bridgehead atoms. The average molecular weight is 757 g/mol. The fourth-order valence-electron chi connectivity index (χ4n) is 6.34. The van der Waals surface area contributed by atoms with Crippen LogP contribution in [-0.4, -0.2) is 41.0 Å². The third-order valence-electron chi connectivity index (χ3n) is 9.58. The van der Waals surface area contributed by atoms with Gasteiger partial charge in [-0.2, -0.15) is 0 Å². The molecule has 1 atom stereocenters. The molecule has 52 heavy (non-hydrogen) atoms. The van der Waals surface area contributed by atoms with E-state index >= 15 is 0 Å². The van der Waals surface area contributed by atoms with Gasteiger partial charge in [0.1, 0.15) is 6.61 Å². The number of allylic oxidation sites excluding steroid dienone is 3. The number of phosphoric ester groups is 1. The first-order chi connectivity index (χ1) is 25.3. The van der Waals surface area contributed by atoms with E-state index in [2.05, 4.69) is 18.4 Å². The van der Waals surface area contributed by atoms with Crippen molar-refractivity contribution in [3.05, 3.63) is 24.3 Å². The SMILES string of the molecule is CCCCCCCCCCCCC/C=C/C=C/C(=O)O[C@H](COC(=O)CCCCCCCCCCCCCCCCCCCCC)COP(=O)(O)O. The van der Waals surface area contributed by atoms with Crippen LogP contribution in [0.25, 0.3) is 0 Å². The van der Waals surface area contributed by atoms with Crippen LogP contribution < -0.4 is 0 Å². The maximum atomic E-state index is 12.3. The molecule has 0 aromatic heterocycles. The normalized spacial score (nSPS) is 12.6. The van der Waals surface area contributed by atoms with Crippen molar-refractivity contribution in [3.63, 3.8) is 0 Å². The van der Waals surface area contributed by atoms with Gasteiger partial charge in [-0.15, -0.1) is 0 Å². The van der Waals surface area contributed by atoms with Gasteiger partial charge in [0.25, 0.3) is 0 Å². The molecule has 8 nitrogen and oxygen atoms in total. The summed E-state index contributed by atoms with van der Waals surface area (Å²) in [4.78, 5) is 42.7. The van der Waals surface area contributed by atoms with Crippen LogP contribution in [0, 0.1) is 0 Å². The van der Waals surface area contributed by atoms with E-state index in [1.54, 1.807) is 12.2 Å². The molecule has 0 saturated heterocycles. The van der Waals surface area contributed by atoms with Gasteiger partial charge >= 0.3 is 19.8 Å². The molecule has 0 aliphatic rings. The zero-order chi connectivity index (χ0) is 38.2. The van der Waals surface area contributed by atoms with Crippen LogP contribution in [-0.2, 0) is 28.2 Å². The highest BCUT2D eigenvalue weighted by atomic mass is 31.2. The van der Waals surface area contributed by atoms with Crippen LogP contribution in [0.2, 0.25) is 0 Å². The Kier molecular flexibility index (Phi) is 38.1. The molecule has 306 valence electrons. The van der Waals surface area contributed by atoms with Gasteiger partial charge in [0.2, 0.25) is 0 Å². The van der Waals surface area contributed by atoms with Gasteiger partial charge in [0.05, 0.1) is 6.61 Å². The molecule has 0 fully saturated rings. The van der Waals surface area contributed by atoms with Crippen LogP contribution in [0.5, 0.6) is 0 Å². The average Bonchev–Trinajstić information content (AvgIpc) is 3.11. The third kappa shape index (κ3) is 41.3. The largest absolute Gasteiger partial charge is 0.469 e. The van der Waals surface area contributed by atoms with Crippen molar-refractivity contribution in [1.29, 1.82) is 0 Å². The first-order valence-corrected chi connectivity index (χ1v) is 23.2. The second-order valence-corrected chi connectivity index (χ2v) is 16.0. The van der Waals surface area contributed by atoms with Crippen LogP contribution in [0.15, 0.2) is 24.3 Å². The summed E-state index contributed by atoms with van der Waals surface area (Å²) in [6.45, 7) is 3.61. The highest BCUT2D eigenvalue weighted by Crippen LogP contribution is 2.35. The second-order valence-electron chi connectivity index (χ2n) is 14.8. The Balaban J connectivity index is 3.93. The molecule has 0 aliphatic carbocycles. The number of phosphoric acid groups is 1. The molecule has 0 aliphatic heterocycles. The fraction of sp³-hybridized carbons (Fsp3) is 0.860. The first kappa shape index (κ1) is 50.5. The molecule has 9 heteroatoms. The minimum absolute atomic E-state index is 0.253. The van der Waals surface area contributed by atoms with E-state index in [0.717, 1.165) is 32.1 Å². The third-order valence-corrected chi connectivity index (χ3v) is 10.1. The Morgan fingerprint density at radius 3 is 1.33 bits per heavy atom. The van der Waals surface area contributed by atoms with Crippen LogP contribution in [0.3, 0.4) is 0 Å². The minimum Gasteiger partial charge on any atom is -0.462 e. The standard InChI is InChI=1S/C43H81O8P/c1-3-5-7-9-11-13-15-17-19-20-21-22-24-25-27-29-31-33-35-37-42(44)49-39-41(40-50-52(46,47)48)51-43(45)38-36-34-32-30-28-26-23-18-16-14-12-10-8-6-4-2/h32,34,36,38,41H,3-31,33,35,37,39-40H2,1-2H3,(H2,46,47,48)/b34-32+,38-36+/t41-/m1/s1. The lowest BCUT2D eigenvalue weighted by molar-refractivity contribution is -0.157. The van der Waals surface area contributed by atoms with E-state index in [0.29, 0.717) is 0 Å². The predicted molar refractivity (Wildman–Crippen MR) is 216 cm³/mol. The van der Waals surface area contributed by atoms with Gasteiger partial charge in [0.15, 0.2) is 6.10 Å². The van der Waals surface area contributed by atoms with E-state index in [1.807, 2.05) is 6.08 Å². The van der Waals surface area contributed by atoms with Gasteiger partial charge in [-0.25, -0.2) is 9.36 Å². The molecule has 0 amide bonds. The summed E-state index contributed by atoms with van der Waals surface area (Å²) >= 11 is 0. The van der Waals surface area contributed by atoms with E-state index in [-0.39, 0.29) is 13.0 Å². The van der Waals surface area contributed by atoms with Crippen molar-refractivity contribution >= 4 is 19.8 Å². The van der Waals surface area contributed by atoms with E-state index < -0.39 is 32.5 Å². The molecular weight excluding hydrogens is 675 g/mol. The zero-order valence-electron chi connectivity index (χ0n) is 33.7. The van der Waals surface area contributed by atoms with Gasteiger partial charge in [-0.1, -0.05) is 212 Å². The Labute approximate surface area is 319 Å². The molecule has 0 rings (SSSR count). The van der Waals surface area contributed by atoms with Crippen LogP contribution in [0.4, 0.5) is 0 Å². The lowest BCUT2D eigenvalue weighted by atomic mass is 10.0. The molecular formula is C43H81O8P. The Morgan fingerprint density at radius 2 is 0.923 bits per heavy atom. The molecule has 0 aromatic rings. The van der Waals surface area contributed by atoms with Crippen molar-refractivity contribution in [3.8, 4) is 0 Å². The quantitative estimate of drug-likeness (QED) is 0.0208. The maximum absolute atomic E-state index is 12.3. The number of hydrogen-bond donors (Lipinski definition) is 2. The number of carbonyl (C=O) groups excluding carboxylic acids is 2. The lowest BCUT2D eigenvalue weighted by Gasteiger charge is -2.17. The summed E-state index contributed by atoms with van der Waals surface area (Å²) in [5, 5.41) is 0. The van der Waals surface area contributed by atoms with Crippen molar-refractivity contribution in [1.82, 2.24) is 0 Å². The summed E-state index contributed by atoms with van der Waals surface area (Å²) in [6.07, 6.45) is 45.4. The number of ether oxygens (including phenoxy) is 2. The van der Waals surface area contributed by atoms with Gasteiger partial charge in [0, 0.05) is 12.5 Å². The topological polar surface area (TPSA) is 119 Å². The van der Waals surface area contributed by atoms with Gasteiger partial charge in [-0.05, 0) is 19.3 Å². The van der Waals surface area contributed by atoms with E-state index in [4.69, 9.17) is 19.3 Å². The Bertz CT molecular complexity index is 900. The number of esters is 2. The first-order valence-electron chi connectivity index (χ1n) is 21.7. The molecule has 0 aromatic carbocycles. The smallest absolute Gasteiger partial charge is 0.462 e. The number of unbranched alkanes of at least 4 members (excludes halogenated alkanes) is 29. The summed E-state index contributed by atoms with van der Waals surface area (Å²) in [6, 6.07) is 0. The highest BCUT2D eigenvalue weighted by molar-refractivity contribution is 7.46. The van der Waals surface area contributed by atoms with Crippen LogP contribution in [0.1, 0.15) is 219 Å².